The van der Waals surface area contributed by atoms with Gasteiger partial charge in [0.1, 0.15) is 0 Å². The van der Waals surface area contributed by atoms with Crippen molar-refractivity contribution in [1.82, 2.24) is 0 Å². The highest BCUT2D eigenvalue weighted by Crippen LogP contribution is 2.07. The Labute approximate surface area is 83.7 Å². The van der Waals surface area contributed by atoms with Crippen LogP contribution in [0.2, 0.25) is 0 Å². The van der Waals surface area contributed by atoms with E-state index in [1.54, 1.807) is 12.1 Å². The first-order chi connectivity index (χ1) is 6.93. The molecule has 2 aromatic rings. The fourth-order valence-corrected chi connectivity index (χ4v) is 0.887. The number of hydrogen-bond acceptors (Lipinski definition) is 2. The molecule has 2 aromatic carbocycles. The third-order valence-electron chi connectivity index (χ3n) is 1.55. The zero-order valence-electron chi connectivity index (χ0n) is 7.80. The first kappa shape index (κ1) is 10.1. The molecule has 0 radical (unpaired) electrons. The molecule has 0 amide bonds. The second kappa shape index (κ2) is 6.54. The smallest absolute Gasteiger partial charge is 0.0849 e. The Balaban J connectivity index is 0.000000146. The molecule has 0 aromatic heterocycles. The Bertz CT molecular complexity index is 317. The van der Waals surface area contributed by atoms with E-state index in [2.05, 4.69) is 5.11 Å². The minimum Gasteiger partial charge on any atom is -0.204 e. The first-order valence-electron chi connectivity index (χ1n) is 4.36. The van der Waals surface area contributed by atoms with E-state index in [-0.39, 0.29) is 0 Å². The van der Waals surface area contributed by atoms with Crippen molar-refractivity contribution < 1.29 is 0 Å². The van der Waals surface area contributed by atoms with E-state index in [0.29, 0.717) is 5.69 Å². The Morgan fingerprint density at radius 2 is 1.00 bits per heavy atom. The van der Waals surface area contributed by atoms with Crippen LogP contribution in [-0.2, 0) is 0 Å². The summed E-state index contributed by atoms with van der Waals surface area (Å²) < 4.78 is 0. The summed E-state index contributed by atoms with van der Waals surface area (Å²) in [7, 11) is 0. The largest absolute Gasteiger partial charge is 0.204 e. The van der Waals surface area contributed by atoms with E-state index in [1.807, 2.05) is 54.6 Å². The summed E-state index contributed by atoms with van der Waals surface area (Å²) in [6.07, 6.45) is 0. The number of nitrogens with zero attached hydrogens (tertiary/aromatic N) is 1. The van der Waals surface area contributed by atoms with Gasteiger partial charge in [0.25, 0.3) is 0 Å². The van der Waals surface area contributed by atoms with Crippen LogP contribution in [0.3, 0.4) is 0 Å². The van der Waals surface area contributed by atoms with Crippen LogP contribution >= 0.6 is 0 Å². The van der Waals surface area contributed by atoms with Crippen molar-refractivity contribution in [1.29, 1.82) is 5.53 Å². The predicted octanol–water partition coefficient (Wildman–Crippen LogP) is 4.04. The topological polar surface area (TPSA) is 36.2 Å². The van der Waals surface area contributed by atoms with Crippen molar-refractivity contribution in [3.63, 3.8) is 0 Å². The van der Waals surface area contributed by atoms with Crippen molar-refractivity contribution in [2.75, 3.05) is 0 Å². The quantitative estimate of drug-likeness (QED) is 0.649. The lowest BCUT2D eigenvalue weighted by Crippen LogP contribution is -1.56. The molecule has 0 heterocycles. The SMILES string of the molecule is N=Nc1ccccc1.c1ccccc1. The van der Waals surface area contributed by atoms with Gasteiger partial charge in [0.15, 0.2) is 0 Å². The average Bonchev–Trinajstić information content (AvgIpc) is 2.33. The molecule has 0 spiro atoms. The summed E-state index contributed by atoms with van der Waals surface area (Å²) >= 11 is 0. The summed E-state index contributed by atoms with van der Waals surface area (Å²) in [6.45, 7) is 0. The molecule has 2 heteroatoms. The van der Waals surface area contributed by atoms with E-state index < -0.39 is 0 Å². The molecule has 0 unspecified atom stereocenters. The van der Waals surface area contributed by atoms with Crippen LogP contribution in [0.15, 0.2) is 71.8 Å². The summed E-state index contributed by atoms with van der Waals surface area (Å²) in [5.41, 5.74) is 7.27. The summed E-state index contributed by atoms with van der Waals surface area (Å²) in [5.74, 6) is 0. The fraction of sp³-hybridized carbons (Fsp3) is 0. The Kier molecular flexibility index (Phi) is 4.73. The van der Waals surface area contributed by atoms with Gasteiger partial charge in [-0.3, -0.25) is 0 Å². The molecule has 2 nitrogen and oxygen atoms in total. The number of benzene rings is 2. The summed E-state index contributed by atoms with van der Waals surface area (Å²) in [6, 6.07) is 21.2. The van der Waals surface area contributed by atoms with Crippen molar-refractivity contribution in [2.24, 2.45) is 5.11 Å². The summed E-state index contributed by atoms with van der Waals surface area (Å²) in [4.78, 5) is 0. The Morgan fingerprint density at radius 3 is 1.29 bits per heavy atom. The van der Waals surface area contributed by atoms with Crippen LogP contribution in [0, 0.1) is 5.53 Å². The van der Waals surface area contributed by atoms with Gasteiger partial charge < -0.3 is 0 Å². The average molecular weight is 184 g/mol. The molecule has 0 aliphatic rings. The van der Waals surface area contributed by atoms with Gasteiger partial charge in [-0.05, 0) is 12.1 Å². The van der Waals surface area contributed by atoms with Gasteiger partial charge in [0.2, 0.25) is 0 Å². The van der Waals surface area contributed by atoms with E-state index in [0.717, 1.165) is 0 Å². The van der Waals surface area contributed by atoms with E-state index >= 15 is 0 Å². The minimum atomic E-state index is 0.701. The van der Waals surface area contributed by atoms with Gasteiger partial charge >= 0.3 is 0 Å². The highest BCUT2D eigenvalue weighted by Gasteiger charge is 1.78. The molecule has 2 rings (SSSR count). The molecule has 0 bridgehead atoms. The van der Waals surface area contributed by atoms with E-state index in [1.165, 1.54) is 0 Å². The van der Waals surface area contributed by atoms with Gasteiger partial charge in [-0.2, -0.15) is 5.11 Å². The number of para-hydroxylation sites is 1. The fourth-order valence-electron chi connectivity index (χ4n) is 0.887. The third kappa shape index (κ3) is 4.16. The second-order valence-electron chi connectivity index (χ2n) is 2.60. The molecule has 14 heavy (non-hydrogen) atoms. The number of rotatable bonds is 1. The molecular formula is C12H12N2. The molecule has 0 saturated carbocycles. The zero-order valence-corrected chi connectivity index (χ0v) is 7.80. The van der Waals surface area contributed by atoms with Gasteiger partial charge in [-0.15, -0.1) is 0 Å². The number of nitrogens with one attached hydrogen (secondary N) is 1. The summed E-state index contributed by atoms with van der Waals surface area (Å²) in [5, 5.41) is 3.22. The van der Waals surface area contributed by atoms with E-state index in [4.69, 9.17) is 5.53 Å². The van der Waals surface area contributed by atoms with Crippen molar-refractivity contribution in [3.05, 3.63) is 66.7 Å². The molecule has 0 aliphatic carbocycles. The monoisotopic (exact) mass is 184 g/mol. The standard InChI is InChI=1S/C6H6N2.C6H6/c7-8-6-4-2-1-3-5-6;1-2-4-6-5-3-1/h1-5,7H;1-6H. The number of hydrogen-bond donors (Lipinski definition) is 1. The van der Waals surface area contributed by atoms with Crippen LogP contribution in [0.4, 0.5) is 5.69 Å². The second-order valence-corrected chi connectivity index (χ2v) is 2.60. The van der Waals surface area contributed by atoms with Crippen LogP contribution in [0.5, 0.6) is 0 Å². The van der Waals surface area contributed by atoms with Crippen molar-refractivity contribution in [3.8, 4) is 0 Å². The molecule has 0 saturated heterocycles. The molecule has 0 fully saturated rings. The van der Waals surface area contributed by atoms with Crippen LogP contribution in [0.1, 0.15) is 0 Å². The van der Waals surface area contributed by atoms with E-state index in [9.17, 15) is 0 Å². The lowest BCUT2D eigenvalue weighted by Gasteiger charge is -1.83. The molecule has 0 atom stereocenters. The molecular weight excluding hydrogens is 172 g/mol. The van der Waals surface area contributed by atoms with Crippen LogP contribution in [0.25, 0.3) is 0 Å². The lowest BCUT2D eigenvalue weighted by molar-refractivity contribution is 1.15. The van der Waals surface area contributed by atoms with Gasteiger partial charge in [0.05, 0.1) is 5.69 Å². The maximum Gasteiger partial charge on any atom is 0.0849 e. The highest BCUT2D eigenvalue weighted by atomic mass is 14.9. The Hall–Kier alpha value is -1.96. The minimum absolute atomic E-state index is 0.701. The predicted molar refractivity (Wildman–Crippen MR) is 57.7 cm³/mol. The normalized spacial score (nSPS) is 8.29. The first-order valence-corrected chi connectivity index (χ1v) is 4.36. The van der Waals surface area contributed by atoms with Crippen LogP contribution < -0.4 is 0 Å². The van der Waals surface area contributed by atoms with Gasteiger partial charge in [-0.25, -0.2) is 5.53 Å². The third-order valence-corrected chi connectivity index (χ3v) is 1.55. The van der Waals surface area contributed by atoms with Gasteiger partial charge in [0, 0.05) is 0 Å². The highest BCUT2D eigenvalue weighted by molar-refractivity contribution is 5.34. The Morgan fingerprint density at radius 1 is 0.643 bits per heavy atom. The molecule has 1 N–H and O–H groups in total. The maximum absolute atomic E-state index is 6.57. The molecule has 0 aliphatic heterocycles. The molecule has 70 valence electrons. The lowest BCUT2D eigenvalue weighted by atomic mass is 10.3. The van der Waals surface area contributed by atoms with Crippen molar-refractivity contribution >= 4 is 5.69 Å². The van der Waals surface area contributed by atoms with Crippen LogP contribution in [-0.4, -0.2) is 0 Å². The maximum atomic E-state index is 6.57. The van der Waals surface area contributed by atoms with Gasteiger partial charge in [-0.1, -0.05) is 54.6 Å². The zero-order chi connectivity index (χ0) is 10.1. The van der Waals surface area contributed by atoms with Crippen molar-refractivity contribution in [2.45, 2.75) is 0 Å².